The summed E-state index contributed by atoms with van der Waals surface area (Å²) >= 11 is 0. The summed E-state index contributed by atoms with van der Waals surface area (Å²) in [5.41, 5.74) is 0.647. The third kappa shape index (κ3) is 8.72. The van der Waals surface area contributed by atoms with Crippen LogP contribution < -0.4 is 0 Å². The molecule has 0 saturated heterocycles. The number of esters is 1. The molecule has 0 fully saturated rings. The summed E-state index contributed by atoms with van der Waals surface area (Å²) in [5.74, 6) is -0.229. The second-order valence-electron chi connectivity index (χ2n) is 6.38. The second kappa shape index (κ2) is 11.2. The molecule has 4 heteroatoms. The van der Waals surface area contributed by atoms with Gasteiger partial charge in [-0.25, -0.2) is 0 Å². The first-order chi connectivity index (χ1) is 11.1. The zero-order chi connectivity index (χ0) is 17.0. The summed E-state index contributed by atoms with van der Waals surface area (Å²) in [5, 5.41) is 0. The van der Waals surface area contributed by atoms with Gasteiger partial charge in [0, 0.05) is 13.2 Å². The SMILES string of the molecule is COC(=O)C(C)(C)COCCCCCCOCc1ccccc1. The Hall–Kier alpha value is -1.39. The van der Waals surface area contributed by atoms with Crippen LogP contribution in [0.2, 0.25) is 0 Å². The highest BCUT2D eigenvalue weighted by atomic mass is 16.5. The largest absolute Gasteiger partial charge is 0.469 e. The summed E-state index contributed by atoms with van der Waals surface area (Å²) in [6.45, 7) is 6.24. The highest BCUT2D eigenvalue weighted by molar-refractivity contribution is 5.75. The van der Waals surface area contributed by atoms with Crippen molar-refractivity contribution >= 4 is 5.97 Å². The molecule has 0 aliphatic carbocycles. The summed E-state index contributed by atoms with van der Waals surface area (Å²) in [6, 6.07) is 10.2. The molecule has 0 unspecified atom stereocenters. The average molecular weight is 322 g/mol. The van der Waals surface area contributed by atoms with Crippen LogP contribution in [0.3, 0.4) is 0 Å². The zero-order valence-corrected chi connectivity index (χ0v) is 14.7. The lowest BCUT2D eigenvalue weighted by Gasteiger charge is -2.21. The maximum atomic E-state index is 11.5. The Balaban J connectivity index is 1.91. The summed E-state index contributed by atoms with van der Waals surface area (Å²) in [4.78, 5) is 11.5. The molecule has 1 aromatic rings. The fraction of sp³-hybridized carbons (Fsp3) is 0.632. The zero-order valence-electron chi connectivity index (χ0n) is 14.7. The summed E-state index contributed by atoms with van der Waals surface area (Å²) in [7, 11) is 1.41. The first-order valence-corrected chi connectivity index (χ1v) is 8.34. The maximum Gasteiger partial charge on any atom is 0.313 e. The number of carbonyl (C=O) groups is 1. The number of benzene rings is 1. The van der Waals surface area contributed by atoms with E-state index < -0.39 is 5.41 Å². The van der Waals surface area contributed by atoms with Gasteiger partial charge in [-0.2, -0.15) is 0 Å². The molecule has 0 spiro atoms. The minimum Gasteiger partial charge on any atom is -0.469 e. The number of carbonyl (C=O) groups excluding carboxylic acids is 1. The van der Waals surface area contributed by atoms with Gasteiger partial charge in [0.1, 0.15) is 0 Å². The number of unbranched alkanes of at least 4 members (excludes halogenated alkanes) is 3. The van der Waals surface area contributed by atoms with Crippen molar-refractivity contribution in [3.63, 3.8) is 0 Å². The Morgan fingerprint density at radius 2 is 1.57 bits per heavy atom. The summed E-state index contributed by atoms with van der Waals surface area (Å²) < 4.78 is 16.0. The molecule has 0 N–H and O–H groups in total. The maximum absolute atomic E-state index is 11.5. The quantitative estimate of drug-likeness (QED) is 0.431. The van der Waals surface area contributed by atoms with Crippen LogP contribution in [0.25, 0.3) is 0 Å². The smallest absolute Gasteiger partial charge is 0.313 e. The molecule has 0 atom stereocenters. The monoisotopic (exact) mass is 322 g/mol. The minimum atomic E-state index is -0.569. The van der Waals surface area contributed by atoms with Gasteiger partial charge in [-0.3, -0.25) is 4.79 Å². The first kappa shape index (κ1) is 19.7. The molecule has 23 heavy (non-hydrogen) atoms. The fourth-order valence-electron chi connectivity index (χ4n) is 2.19. The van der Waals surface area contributed by atoms with Crippen molar-refractivity contribution in [2.45, 2.75) is 46.1 Å². The van der Waals surface area contributed by atoms with Crippen molar-refractivity contribution < 1.29 is 19.0 Å². The van der Waals surface area contributed by atoms with E-state index in [1.807, 2.05) is 32.0 Å². The van der Waals surface area contributed by atoms with Gasteiger partial charge in [0.2, 0.25) is 0 Å². The lowest BCUT2D eigenvalue weighted by Crippen LogP contribution is -2.30. The molecule has 0 aliphatic heterocycles. The predicted molar refractivity (Wildman–Crippen MR) is 91.2 cm³/mol. The summed E-state index contributed by atoms with van der Waals surface area (Å²) in [6.07, 6.45) is 4.34. The van der Waals surface area contributed by atoms with Crippen molar-refractivity contribution in [1.29, 1.82) is 0 Å². The Morgan fingerprint density at radius 1 is 0.957 bits per heavy atom. The van der Waals surface area contributed by atoms with Crippen molar-refractivity contribution in [2.75, 3.05) is 26.9 Å². The third-order valence-corrected chi connectivity index (χ3v) is 3.64. The van der Waals surface area contributed by atoms with E-state index in [0.29, 0.717) is 19.8 Å². The van der Waals surface area contributed by atoms with E-state index in [0.717, 1.165) is 32.3 Å². The highest BCUT2D eigenvalue weighted by Gasteiger charge is 2.28. The molecule has 0 aliphatic rings. The van der Waals surface area contributed by atoms with Crippen molar-refractivity contribution in [2.24, 2.45) is 5.41 Å². The molecule has 1 rings (SSSR count). The normalized spacial score (nSPS) is 11.4. The van der Waals surface area contributed by atoms with E-state index >= 15 is 0 Å². The van der Waals surface area contributed by atoms with Crippen LogP contribution in [0.1, 0.15) is 45.1 Å². The molecule has 1 aromatic carbocycles. The number of rotatable bonds is 12. The van der Waals surface area contributed by atoms with Crippen LogP contribution in [0, 0.1) is 5.41 Å². The van der Waals surface area contributed by atoms with Gasteiger partial charge >= 0.3 is 5.97 Å². The Kier molecular flexibility index (Phi) is 9.57. The standard InChI is InChI=1S/C19H30O4/c1-19(2,18(20)21-3)16-23-14-10-5-4-9-13-22-15-17-11-7-6-8-12-17/h6-8,11-12H,4-5,9-10,13-16H2,1-3H3. The number of ether oxygens (including phenoxy) is 3. The second-order valence-corrected chi connectivity index (χ2v) is 6.38. The van der Waals surface area contributed by atoms with Crippen LogP contribution in [0.15, 0.2) is 30.3 Å². The van der Waals surface area contributed by atoms with E-state index in [-0.39, 0.29) is 5.97 Å². The van der Waals surface area contributed by atoms with E-state index in [1.54, 1.807) is 0 Å². The van der Waals surface area contributed by atoms with Crippen LogP contribution in [0.4, 0.5) is 0 Å². The molecule has 0 aromatic heterocycles. The molecule has 0 saturated carbocycles. The minimum absolute atomic E-state index is 0.229. The van der Waals surface area contributed by atoms with E-state index in [9.17, 15) is 4.79 Å². The van der Waals surface area contributed by atoms with Crippen LogP contribution in [0.5, 0.6) is 0 Å². The topological polar surface area (TPSA) is 44.8 Å². The predicted octanol–water partition coefficient (Wildman–Crippen LogP) is 3.98. The van der Waals surface area contributed by atoms with Crippen molar-refractivity contribution in [3.8, 4) is 0 Å². The third-order valence-electron chi connectivity index (χ3n) is 3.64. The first-order valence-electron chi connectivity index (χ1n) is 8.34. The molecular weight excluding hydrogens is 292 g/mol. The van der Waals surface area contributed by atoms with Crippen molar-refractivity contribution in [1.82, 2.24) is 0 Å². The van der Waals surface area contributed by atoms with Gasteiger partial charge in [0.15, 0.2) is 0 Å². The fourth-order valence-corrected chi connectivity index (χ4v) is 2.19. The van der Waals surface area contributed by atoms with Crippen molar-refractivity contribution in [3.05, 3.63) is 35.9 Å². The molecule has 0 bridgehead atoms. The molecule has 130 valence electrons. The Morgan fingerprint density at radius 3 is 2.17 bits per heavy atom. The van der Waals surface area contributed by atoms with E-state index in [2.05, 4.69) is 12.1 Å². The lowest BCUT2D eigenvalue weighted by molar-refractivity contribution is -0.154. The molecule has 0 radical (unpaired) electrons. The van der Waals surface area contributed by atoms with Gasteiger partial charge in [-0.05, 0) is 32.3 Å². The molecule has 0 amide bonds. The number of methoxy groups -OCH3 is 1. The van der Waals surface area contributed by atoms with Gasteiger partial charge in [-0.15, -0.1) is 0 Å². The molecule has 0 heterocycles. The van der Waals surface area contributed by atoms with E-state index in [1.165, 1.54) is 12.7 Å². The van der Waals surface area contributed by atoms with Gasteiger partial charge in [0.25, 0.3) is 0 Å². The Bertz CT molecular complexity index is 428. The lowest BCUT2D eigenvalue weighted by atomic mass is 9.95. The highest BCUT2D eigenvalue weighted by Crippen LogP contribution is 2.17. The van der Waals surface area contributed by atoms with Crippen LogP contribution in [-0.2, 0) is 25.6 Å². The van der Waals surface area contributed by atoms with Gasteiger partial charge in [0.05, 0.1) is 25.7 Å². The van der Waals surface area contributed by atoms with Crippen LogP contribution >= 0.6 is 0 Å². The Labute approximate surface area is 140 Å². The number of hydrogen-bond acceptors (Lipinski definition) is 4. The average Bonchev–Trinajstić information content (AvgIpc) is 2.56. The van der Waals surface area contributed by atoms with E-state index in [4.69, 9.17) is 14.2 Å². The van der Waals surface area contributed by atoms with Crippen LogP contribution in [-0.4, -0.2) is 32.9 Å². The van der Waals surface area contributed by atoms with Gasteiger partial charge in [-0.1, -0.05) is 43.2 Å². The van der Waals surface area contributed by atoms with Gasteiger partial charge < -0.3 is 14.2 Å². The molecule has 4 nitrogen and oxygen atoms in total. The number of hydrogen-bond donors (Lipinski definition) is 0. The molecular formula is C19H30O4.